The fraction of sp³-hybridized carbons (Fsp3) is 0.222. The summed E-state index contributed by atoms with van der Waals surface area (Å²) in [5.41, 5.74) is 1.40. The number of thioether (sulfide) groups is 1. The average molecular weight is 397 g/mol. The van der Waals surface area contributed by atoms with Gasteiger partial charge >= 0.3 is 0 Å². The van der Waals surface area contributed by atoms with Crippen LogP contribution in [0.15, 0.2) is 42.5 Å². The number of nitro groups is 2. The maximum Gasteiger partial charge on any atom is 0.274 e. The summed E-state index contributed by atoms with van der Waals surface area (Å²) in [5.74, 6) is -2.01. The predicted molar refractivity (Wildman–Crippen MR) is 98.7 cm³/mol. The molecule has 0 unspecified atom stereocenters. The van der Waals surface area contributed by atoms with Crippen molar-refractivity contribution in [3.05, 3.63) is 73.8 Å². The maximum absolute atomic E-state index is 13.1. The Kier molecular flexibility index (Phi) is 3.38. The molecule has 0 spiro atoms. The first-order valence-electron chi connectivity index (χ1n) is 8.45. The Morgan fingerprint density at radius 3 is 2.11 bits per heavy atom. The molecule has 10 heteroatoms. The van der Waals surface area contributed by atoms with Crippen molar-refractivity contribution in [3.63, 3.8) is 0 Å². The molecule has 2 fully saturated rings. The molecule has 3 aliphatic rings. The number of hydrogen-bond acceptors (Lipinski definition) is 7. The summed E-state index contributed by atoms with van der Waals surface area (Å²) in [6, 6.07) is 10.0. The SMILES string of the molecule is O=C1[C@@H]2[C@H](C(=O)N1c1ccc([N+](=O)[O-])cc1)[C@H]1S[C@@H]2c2c1cccc2[N+](=O)[O-]. The Morgan fingerprint density at radius 1 is 0.857 bits per heavy atom. The predicted octanol–water partition coefficient (Wildman–Crippen LogP) is 3.15. The Labute approximate surface area is 161 Å². The smallest absolute Gasteiger partial charge is 0.274 e. The minimum absolute atomic E-state index is 0.0232. The van der Waals surface area contributed by atoms with E-state index in [0.717, 1.165) is 10.5 Å². The van der Waals surface area contributed by atoms with E-state index < -0.39 is 32.8 Å². The first-order chi connectivity index (χ1) is 13.4. The first-order valence-corrected chi connectivity index (χ1v) is 9.39. The van der Waals surface area contributed by atoms with Crippen molar-refractivity contribution in [1.29, 1.82) is 0 Å². The van der Waals surface area contributed by atoms with Gasteiger partial charge in [-0.2, -0.15) is 0 Å². The molecule has 2 bridgehead atoms. The number of imide groups is 1. The van der Waals surface area contributed by atoms with Gasteiger partial charge in [-0.1, -0.05) is 12.1 Å². The van der Waals surface area contributed by atoms with Crippen LogP contribution in [0.3, 0.4) is 0 Å². The van der Waals surface area contributed by atoms with E-state index in [1.807, 2.05) is 0 Å². The highest BCUT2D eigenvalue weighted by Crippen LogP contribution is 2.70. The molecule has 0 radical (unpaired) electrons. The van der Waals surface area contributed by atoms with Crippen molar-refractivity contribution < 1.29 is 19.4 Å². The summed E-state index contributed by atoms with van der Waals surface area (Å²) >= 11 is 1.43. The third-order valence-corrected chi connectivity index (χ3v) is 7.23. The van der Waals surface area contributed by atoms with Crippen molar-refractivity contribution in [3.8, 4) is 0 Å². The molecule has 0 N–H and O–H groups in total. The lowest BCUT2D eigenvalue weighted by Crippen LogP contribution is -2.32. The van der Waals surface area contributed by atoms with Crippen LogP contribution in [0.4, 0.5) is 17.1 Å². The zero-order valence-corrected chi connectivity index (χ0v) is 14.9. The molecule has 3 heterocycles. The third-order valence-electron chi connectivity index (χ3n) is 5.57. The van der Waals surface area contributed by atoms with Crippen molar-refractivity contribution in [2.24, 2.45) is 11.8 Å². The zero-order chi connectivity index (χ0) is 19.7. The molecule has 0 saturated carbocycles. The van der Waals surface area contributed by atoms with Gasteiger partial charge in [0, 0.05) is 34.3 Å². The van der Waals surface area contributed by atoms with Gasteiger partial charge in [-0.15, -0.1) is 11.8 Å². The highest BCUT2D eigenvalue weighted by Gasteiger charge is 2.65. The molecule has 0 aliphatic carbocycles. The molecular formula is C18H11N3O6S. The fourth-order valence-electron chi connectivity index (χ4n) is 4.46. The Morgan fingerprint density at radius 2 is 1.50 bits per heavy atom. The average Bonchev–Trinajstić information content (AvgIpc) is 3.32. The number of carbonyl (C=O) groups is 2. The van der Waals surface area contributed by atoms with Crippen LogP contribution in [0.25, 0.3) is 0 Å². The molecular weight excluding hydrogens is 386 g/mol. The van der Waals surface area contributed by atoms with Gasteiger partial charge in [-0.05, 0) is 17.7 Å². The number of benzene rings is 2. The number of rotatable bonds is 3. The van der Waals surface area contributed by atoms with Gasteiger partial charge in [0.15, 0.2) is 0 Å². The number of nitro benzene ring substituents is 2. The van der Waals surface area contributed by atoms with E-state index in [0.29, 0.717) is 5.56 Å². The van der Waals surface area contributed by atoms with Gasteiger partial charge in [0.1, 0.15) is 0 Å². The lowest BCUT2D eigenvalue weighted by Gasteiger charge is -2.21. The Bertz CT molecular complexity index is 1090. The molecule has 9 nitrogen and oxygen atoms in total. The molecule has 2 saturated heterocycles. The van der Waals surface area contributed by atoms with E-state index in [1.165, 1.54) is 42.1 Å². The topological polar surface area (TPSA) is 124 Å². The van der Waals surface area contributed by atoms with Crippen LogP contribution in [0.2, 0.25) is 0 Å². The van der Waals surface area contributed by atoms with Crippen LogP contribution in [0.1, 0.15) is 21.6 Å². The fourth-order valence-corrected chi connectivity index (χ4v) is 6.43. The summed E-state index contributed by atoms with van der Waals surface area (Å²) in [4.78, 5) is 48.5. The van der Waals surface area contributed by atoms with E-state index in [-0.39, 0.29) is 28.2 Å². The molecule has 140 valence electrons. The van der Waals surface area contributed by atoms with Crippen molar-refractivity contribution in [2.45, 2.75) is 10.5 Å². The molecule has 3 aliphatic heterocycles. The second kappa shape index (κ2) is 5.61. The standard InChI is InChI=1S/C18H11N3O6S/c22-17-13-14(18(23)19(17)8-4-6-9(7-5-8)20(24)25)16-12-10(15(13)28-16)2-1-3-11(12)21(26)27/h1-7,13-16H/t13-,14+,15-,16+/m0/s1. The van der Waals surface area contributed by atoms with E-state index in [1.54, 1.807) is 12.1 Å². The third kappa shape index (κ3) is 2.03. The monoisotopic (exact) mass is 397 g/mol. The van der Waals surface area contributed by atoms with Gasteiger partial charge in [0.25, 0.3) is 11.4 Å². The molecule has 5 rings (SSSR count). The highest BCUT2D eigenvalue weighted by molar-refractivity contribution is 8.00. The van der Waals surface area contributed by atoms with Gasteiger partial charge in [0.05, 0.1) is 27.4 Å². The quantitative estimate of drug-likeness (QED) is 0.443. The molecule has 0 aromatic heterocycles. The Balaban J connectivity index is 1.56. The minimum Gasteiger partial charge on any atom is -0.274 e. The molecule has 28 heavy (non-hydrogen) atoms. The van der Waals surface area contributed by atoms with Crippen LogP contribution < -0.4 is 4.90 Å². The molecule has 2 amide bonds. The molecule has 2 aromatic carbocycles. The number of carbonyl (C=O) groups excluding carboxylic acids is 2. The number of non-ortho nitro benzene ring substituents is 1. The summed E-state index contributed by atoms with van der Waals surface area (Å²) in [6.45, 7) is 0. The Hall–Kier alpha value is -3.27. The van der Waals surface area contributed by atoms with Gasteiger partial charge < -0.3 is 0 Å². The summed E-state index contributed by atoms with van der Waals surface area (Å²) in [6.07, 6.45) is 0. The zero-order valence-electron chi connectivity index (χ0n) is 14.1. The molecule has 2 aromatic rings. The van der Waals surface area contributed by atoms with Gasteiger partial charge in [0.2, 0.25) is 11.8 Å². The second-order valence-electron chi connectivity index (χ2n) is 6.85. The van der Waals surface area contributed by atoms with Crippen LogP contribution in [-0.4, -0.2) is 21.7 Å². The van der Waals surface area contributed by atoms with Crippen LogP contribution >= 0.6 is 11.8 Å². The van der Waals surface area contributed by atoms with Crippen LogP contribution in [0, 0.1) is 32.1 Å². The highest BCUT2D eigenvalue weighted by atomic mass is 32.2. The van der Waals surface area contributed by atoms with Crippen molar-refractivity contribution >= 4 is 40.6 Å². The van der Waals surface area contributed by atoms with E-state index in [2.05, 4.69) is 0 Å². The number of anilines is 1. The first kappa shape index (κ1) is 16.9. The van der Waals surface area contributed by atoms with Crippen LogP contribution in [0.5, 0.6) is 0 Å². The largest absolute Gasteiger partial charge is 0.274 e. The van der Waals surface area contributed by atoms with E-state index >= 15 is 0 Å². The maximum atomic E-state index is 13.1. The number of fused-ring (bicyclic) bond motifs is 8. The number of nitrogens with zero attached hydrogens (tertiary/aromatic N) is 3. The molecule has 4 atom stereocenters. The van der Waals surface area contributed by atoms with Gasteiger partial charge in [-0.3, -0.25) is 29.8 Å². The van der Waals surface area contributed by atoms with E-state index in [4.69, 9.17) is 0 Å². The second-order valence-corrected chi connectivity index (χ2v) is 8.14. The lowest BCUT2D eigenvalue weighted by molar-refractivity contribution is -0.385. The summed E-state index contributed by atoms with van der Waals surface area (Å²) in [7, 11) is 0. The van der Waals surface area contributed by atoms with Crippen molar-refractivity contribution in [1.82, 2.24) is 0 Å². The van der Waals surface area contributed by atoms with Gasteiger partial charge in [-0.25, -0.2) is 4.90 Å². The number of hydrogen-bond donors (Lipinski definition) is 0. The van der Waals surface area contributed by atoms with E-state index in [9.17, 15) is 29.8 Å². The summed E-state index contributed by atoms with van der Waals surface area (Å²) in [5, 5.41) is 21.5. The van der Waals surface area contributed by atoms with Crippen LogP contribution in [-0.2, 0) is 9.59 Å². The van der Waals surface area contributed by atoms with Crippen molar-refractivity contribution in [2.75, 3.05) is 4.90 Å². The summed E-state index contributed by atoms with van der Waals surface area (Å²) < 4.78 is 0. The number of amides is 2. The normalized spacial score (nSPS) is 27.1. The minimum atomic E-state index is -0.661. The lowest BCUT2D eigenvalue weighted by atomic mass is 9.77.